The second kappa shape index (κ2) is 11.9. The number of rotatable bonds is 8. The second-order valence-corrected chi connectivity index (χ2v) is 30.8. The van der Waals surface area contributed by atoms with E-state index in [0.717, 1.165) is 0 Å². The zero-order valence-corrected chi connectivity index (χ0v) is 31.3. The van der Waals surface area contributed by atoms with Crippen LogP contribution in [0, 0.1) is 0 Å². The van der Waals surface area contributed by atoms with Crippen LogP contribution in [-0.2, 0) is 0 Å². The number of anilines is 2. The molecule has 0 radical (unpaired) electrons. The van der Waals surface area contributed by atoms with E-state index >= 15 is 0 Å². The molecular formula is C38H50N2SiSn. The number of nitrogens with zero attached hydrogens (tertiary/aromatic N) is 2. The van der Waals surface area contributed by atoms with E-state index in [1.807, 2.05) is 0 Å². The minimum absolute atomic E-state index is 0.447. The summed E-state index contributed by atoms with van der Waals surface area (Å²) in [4.78, 5) is 5.35. The normalized spacial score (nSPS) is 16.0. The predicted molar refractivity (Wildman–Crippen MR) is 190 cm³/mol. The summed E-state index contributed by atoms with van der Waals surface area (Å²) in [5, 5.41) is 2.96. The zero-order valence-electron chi connectivity index (χ0n) is 27.4. The van der Waals surface area contributed by atoms with Crippen molar-refractivity contribution in [3.8, 4) is 0 Å². The van der Waals surface area contributed by atoms with Gasteiger partial charge >= 0.3 is 263 Å². The molecule has 0 spiro atoms. The van der Waals surface area contributed by atoms with Crippen molar-refractivity contribution in [2.24, 2.45) is 0 Å². The van der Waals surface area contributed by atoms with Gasteiger partial charge in [-0.15, -0.1) is 0 Å². The Labute approximate surface area is 261 Å². The molecule has 2 nitrogen and oxygen atoms in total. The third kappa shape index (κ3) is 4.85. The molecule has 0 aliphatic carbocycles. The van der Waals surface area contributed by atoms with Crippen molar-refractivity contribution in [1.82, 2.24) is 0 Å². The van der Waals surface area contributed by atoms with Gasteiger partial charge in [0.1, 0.15) is 0 Å². The topological polar surface area (TPSA) is 6.48 Å². The Morgan fingerprint density at radius 2 is 0.714 bits per heavy atom. The number of hydrogen-bond donors (Lipinski definition) is 0. The number of para-hydroxylation sites is 2. The molecule has 1 aliphatic heterocycles. The summed E-state index contributed by atoms with van der Waals surface area (Å²) in [7, 11) is -2.72. The van der Waals surface area contributed by atoms with Crippen molar-refractivity contribution in [2.75, 3.05) is 5.57 Å². The maximum absolute atomic E-state index is 3.30. The predicted octanol–water partition coefficient (Wildman–Crippen LogP) is 9.47. The molecule has 0 amide bonds. The molecular weight excluding hydrogens is 631 g/mol. The van der Waals surface area contributed by atoms with E-state index in [-0.39, 0.29) is 0 Å². The Kier molecular flexibility index (Phi) is 8.75. The van der Waals surface area contributed by atoms with Crippen LogP contribution in [0.15, 0.2) is 97.1 Å². The van der Waals surface area contributed by atoms with Crippen molar-refractivity contribution in [3.63, 3.8) is 0 Å². The number of hydrogen-bond acceptors (Lipinski definition) is 2. The molecule has 0 N–H and O–H groups in total. The van der Waals surface area contributed by atoms with Gasteiger partial charge in [0.05, 0.1) is 0 Å². The molecule has 4 heteroatoms. The molecule has 1 heterocycles. The molecule has 0 bridgehead atoms. The van der Waals surface area contributed by atoms with E-state index < -0.39 is 27.3 Å². The summed E-state index contributed by atoms with van der Waals surface area (Å²) in [6, 6.07) is 37.4. The van der Waals surface area contributed by atoms with Crippen molar-refractivity contribution < 1.29 is 0 Å². The van der Waals surface area contributed by atoms with Crippen LogP contribution in [0.3, 0.4) is 0 Å². The first-order chi connectivity index (χ1) is 20.0. The zero-order chi connectivity index (χ0) is 30.4. The Morgan fingerprint density at radius 1 is 0.429 bits per heavy atom. The van der Waals surface area contributed by atoms with E-state index in [2.05, 4.69) is 168 Å². The van der Waals surface area contributed by atoms with E-state index in [4.69, 9.17) is 0 Å². The molecule has 1 saturated heterocycles. The fraction of sp³-hybridized carbons (Fsp3) is 0.368. The molecule has 4 aromatic carbocycles. The van der Waals surface area contributed by atoms with Crippen LogP contribution in [0.25, 0.3) is 0 Å². The van der Waals surface area contributed by atoms with Crippen LogP contribution in [0.1, 0.15) is 101 Å². The summed E-state index contributed by atoms with van der Waals surface area (Å²) in [6.45, 7) is 19.0. The summed E-state index contributed by atoms with van der Waals surface area (Å²) in [6.07, 6.45) is 0. The Hall–Kier alpha value is -2.50. The standard InChI is InChI=1S/C36H44N2Si.2CH3.Sn/c1-25(2)31-21-15-22-32(26(3)4)35(31)37-39(29-17-11-9-12-18-29,30-19-13-10-14-20-30)38-36-33(27(5)6)23-16-24-34(36)28(7)8;;;/h9-28H,1-8H3;2*1H3;/q-2;;;+2. The Morgan fingerprint density at radius 3 is 0.976 bits per heavy atom. The first-order valence-corrected chi connectivity index (χ1v) is 26.1. The van der Waals surface area contributed by atoms with Crippen molar-refractivity contribution in [3.05, 3.63) is 119 Å². The molecule has 220 valence electrons. The van der Waals surface area contributed by atoms with Gasteiger partial charge < -0.3 is 0 Å². The minimum atomic E-state index is -3.30. The third-order valence-electron chi connectivity index (χ3n) is 9.23. The Balaban J connectivity index is 1.99. The van der Waals surface area contributed by atoms with Gasteiger partial charge in [-0.05, 0) is 0 Å². The second-order valence-electron chi connectivity index (χ2n) is 13.8. The molecule has 0 unspecified atom stereocenters. The summed E-state index contributed by atoms with van der Waals surface area (Å²) < 4.78 is 6.25. The maximum atomic E-state index is 3.12. The molecule has 0 saturated carbocycles. The van der Waals surface area contributed by atoms with Crippen molar-refractivity contribution >= 4 is 49.1 Å². The van der Waals surface area contributed by atoms with Gasteiger partial charge in [0, 0.05) is 0 Å². The van der Waals surface area contributed by atoms with Crippen LogP contribution >= 0.6 is 0 Å². The Bertz CT molecular complexity index is 1360. The van der Waals surface area contributed by atoms with Crippen LogP contribution in [0.2, 0.25) is 9.88 Å². The third-order valence-corrected chi connectivity index (χ3v) is 33.7. The van der Waals surface area contributed by atoms with E-state index in [1.165, 1.54) is 44.0 Å². The summed E-state index contributed by atoms with van der Waals surface area (Å²) >= 11 is -3.30. The average molecular weight is 682 g/mol. The quantitative estimate of drug-likeness (QED) is 0.171. The van der Waals surface area contributed by atoms with Crippen molar-refractivity contribution in [1.29, 1.82) is 0 Å². The molecule has 1 aliphatic rings. The van der Waals surface area contributed by atoms with Gasteiger partial charge in [-0.1, -0.05) is 0 Å². The molecule has 0 aromatic heterocycles. The van der Waals surface area contributed by atoms with Crippen LogP contribution < -0.4 is 15.9 Å². The fourth-order valence-corrected chi connectivity index (χ4v) is 37.6. The SMILES string of the molecule is CC(C)c1cccc(C(C)C)c1[N]1[Si](c2ccccc2)(c2ccccc2)[N](c2c(C(C)C)cccc2C(C)C)[Sn]1([CH3])[CH3]. The van der Waals surface area contributed by atoms with Crippen LogP contribution in [0.4, 0.5) is 11.4 Å². The van der Waals surface area contributed by atoms with Crippen molar-refractivity contribution in [2.45, 2.75) is 88.9 Å². The molecule has 0 atom stereocenters. The fourth-order valence-electron chi connectivity index (χ4n) is 7.38. The van der Waals surface area contributed by atoms with Gasteiger partial charge in [-0.25, -0.2) is 0 Å². The summed E-state index contributed by atoms with van der Waals surface area (Å²) in [5.74, 6) is 1.79. The van der Waals surface area contributed by atoms with Crippen LogP contribution in [0.5, 0.6) is 0 Å². The monoisotopic (exact) mass is 682 g/mol. The first kappa shape index (κ1) is 30.9. The average Bonchev–Trinajstić information content (AvgIpc) is 2.96. The molecule has 42 heavy (non-hydrogen) atoms. The number of benzene rings is 4. The van der Waals surface area contributed by atoms with Gasteiger partial charge in [-0.2, -0.15) is 0 Å². The van der Waals surface area contributed by atoms with E-state index in [1.54, 1.807) is 0 Å². The van der Waals surface area contributed by atoms with E-state index in [0.29, 0.717) is 23.7 Å². The first-order valence-electron chi connectivity index (χ1n) is 15.9. The van der Waals surface area contributed by atoms with Gasteiger partial charge in [0.25, 0.3) is 0 Å². The van der Waals surface area contributed by atoms with Crippen LogP contribution in [-0.4, -0.2) is 27.3 Å². The molecule has 1 fully saturated rings. The van der Waals surface area contributed by atoms with Gasteiger partial charge in [0.2, 0.25) is 0 Å². The van der Waals surface area contributed by atoms with Gasteiger partial charge in [-0.3, -0.25) is 0 Å². The molecule has 5 rings (SSSR count). The van der Waals surface area contributed by atoms with Gasteiger partial charge in [0.15, 0.2) is 0 Å². The molecule has 4 aromatic rings. The summed E-state index contributed by atoms with van der Waals surface area (Å²) in [5.41, 5.74) is 9.05. The van der Waals surface area contributed by atoms with E-state index in [9.17, 15) is 0 Å².